The molecule has 33 heavy (non-hydrogen) atoms. The number of esters is 1. The maximum atomic E-state index is 12.4. The Kier molecular flexibility index (Phi) is 10.7. The summed E-state index contributed by atoms with van der Waals surface area (Å²) >= 11 is -2.62. The van der Waals surface area contributed by atoms with Gasteiger partial charge in [0.2, 0.25) is 0 Å². The number of ether oxygens (including phenoxy) is 1. The van der Waals surface area contributed by atoms with E-state index in [2.05, 4.69) is 43.5 Å². The van der Waals surface area contributed by atoms with Crippen molar-refractivity contribution in [3.63, 3.8) is 0 Å². The average Bonchev–Trinajstić information content (AvgIpc) is 3.22. The van der Waals surface area contributed by atoms with Crippen LogP contribution >= 0.6 is 0 Å². The summed E-state index contributed by atoms with van der Waals surface area (Å²) in [5, 5.41) is 1.33. The normalized spacial score (nSPS) is 15.3. The Bertz CT molecular complexity index is 859. The summed E-state index contributed by atoms with van der Waals surface area (Å²) in [7, 11) is 1.49. The van der Waals surface area contributed by atoms with E-state index in [0.717, 1.165) is 12.5 Å². The number of benzene rings is 1. The molecular formula is C29H47NO2Sn. The van der Waals surface area contributed by atoms with E-state index in [9.17, 15) is 4.79 Å². The van der Waals surface area contributed by atoms with Crippen LogP contribution in [0.15, 0.2) is 24.3 Å². The molecule has 2 aromatic rings. The Morgan fingerprint density at radius 1 is 0.939 bits per heavy atom. The Morgan fingerprint density at radius 3 is 2.09 bits per heavy atom. The quantitative estimate of drug-likeness (QED) is 0.183. The molecule has 1 aromatic carbocycles. The number of hydrogen-bond donors (Lipinski definition) is 0. The van der Waals surface area contributed by atoms with Crippen molar-refractivity contribution in [1.29, 1.82) is 0 Å². The van der Waals surface area contributed by atoms with Crippen LogP contribution in [0.5, 0.6) is 0 Å². The summed E-state index contributed by atoms with van der Waals surface area (Å²) in [6.45, 7) is 8.22. The SMILES string of the molecule is CCC[CH2][Sn]([CH2]CCC)([CH2]CCC)[c]1cc2ccc(C(=O)OC)cc2n1CC1CCCCC1. The molecule has 0 radical (unpaired) electrons. The van der Waals surface area contributed by atoms with Crippen molar-refractivity contribution >= 4 is 39.0 Å². The van der Waals surface area contributed by atoms with Crippen molar-refractivity contribution in [2.24, 2.45) is 5.92 Å². The molecule has 0 unspecified atom stereocenters. The van der Waals surface area contributed by atoms with Gasteiger partial charge in [-0.05, 0) is 0 Å². The predicted octanol–water partition coefficient (Wildman–Crippen LogP) is 8.06. The summed E-state index contributed by atoms with van der Waals surface area (Å²) in [6.07, 6.45) is 14.9. The van der Waals surface area contributed by atoms with Crippen LogP contribution in [0.2, 0.25) is 13.3 Å². The second-order valence-electron chi connectivity index (χ2n) is 10.5. The predicted molar refractivity (Wildman–Crippen MR) is 144 cm³/mol. The van der Waals surface area contributed by atoms with Gasteiger partial charge >= 0.3 is 207 Å². The summed E-state index contributed by atoms with van der Waals surface area (Å²) < 4.78 is 14.0. The number of methoxy groups -OCH3 is 1. The van der Waals surface area contributed by atoms with Gasteiger partial charge in [0, 0.05) is 0 Å². The van der Waals surface area contributed by atoms with Crippen LogP contribution in [-0.4, -0.2) is 36.0 Å². The van der Waals surface area contributed by atoms with Gasteiger partial charge in [0.25, 0.3) is 0 Å². The van der Waals surface area contributed by atoms with Gasteiger partial charge in [-0.1, -0.05) is 0 Å². The molecule has 1 aliphatic carbocycles. The first-order valence-electron chi connectivity index (χ1n) is 13.8. The molecule has 3 rings (SSSR count). The molecule has 1 fully saturated rings. The Labute approximate surface area is 206 Å². The van der Waals surface area contributed by atoms with E-state index in [1.165, 1.54) is 102 Å². The molecule has 1 heterocycles. The zero-order valence-corrected chi connectivity index (χ0v) is 24.6. The van der Waals surface area contributed by atoms with Crippen LogP contribution in [0.3, 0.4) is 0 Å². The van der Waals surface area contributed by atoms with E-state index >= 15 is 0 Å². The van der Waals surface area contributed by atoms with Crippen LogP contribution in [0, 0.1) is 5.92 Å². The molecule has 0 spiro atoms. The molecule has 0 bridgehead atoms. The Morgan fingerprint density at radius 2 is 1.55 bits per heavy atom. The molecule has 0 atom stereocenters. The van der Waals surface area contributed by atoms with Gasteiger partial charge in [-0.3, -0.25) is 0 Å². The van der Waals surface area contributed by atoms with Gasteiger partial charge in [0.05, 0.1) is 0 Å². The van der Waals surface area contributed by atoms with E-state index in [1.807, 2.05) is 6.07 Å². The van der Waals surface area contributed by atoms with Crippen molar-refractivity contribution in [2.45, 2.75) is 111 Å². The van der Waals surface area contributed by atoms with Crippen molar-refractivity contribution in [1.82, 2.24) is 4.57 Å². The van der Waals surface area contributed by atoms with Crippen LogP contribution in [0.4, 0.5) is 0 Å². The zero-order valence-electron chi connectivity index (χ0n) is 21.8. The molecule has 0 saturated heterocycles. The summed E-state index contributed by atoms with van der Waals surface area (Å²) in [6, 6.07) is 8.85. The number of unbranched alkanes of at least 4 members (excludes halogenated alkanes) is 3. The molecule has 0 aliphatic heterocycles. The number of hydrogen-bond acceptors (Lipinski definition) is 2. The van der Waals surface area contributed by atoms with Gasteiger partial charge in [0.15, 0.2) is 0 Å². The van der Waals surface area contributed by atoms with E-state index in [0.29, 0.717) is 5.56 Å². The summed E-state index contributed by atoms with van der Waals surface area (Å²) in [4.78, 5) is 12.4. The van der Waals surface area contributed by atoms with Gasteiger partial charge in [-0.2, -0.15) is 0 Å². The topological polar surface area (TPSA) is 31.2 Å². The molecule has 1 saturated carbocycles. The molecule has 0 N–H and O–H groups in total. The van der Waals surface area contributed by atoms with Crippen molar-refractivity contribution < 1.29 is 9.53 Å². The summed E-state index contributed by atoms with van der Waals surface area (Å²) in [5.74, 6) is 0.559. The second-order valence-corrected chi connectivity index (χ2v) is 23.6. The first kappa shape index (κ1) is 26.6. The monoisotopic (exact) mass is 561 g/mol. The fourth-order valence-electron chi connectivity index (χ4n) is 6.07. The number of fused-ring (bicyclic) bond motifs is 1. The zero-order chi connectivity index (χ0) is 23.7. The van der Waals surface area contributed by atoms with Crippen molar-refractivity contribution in [2.75, 3.05) is 7.11 Å². The number of carbonyl (C=O) groups excluding carboxylic acids is 1. The van der Waals surface area contributed by atoms with Crippen LogP contribution < -0.4 is 3.71 Å². The van der Waals surface area contributed by atoms with Gasteiger partial charge in [-0.15, -0.1) is 0 Å². The molecule has 1 aliphatic rings. The van der Waals surface area contributed by atoms with E-state index in [-0.39, 0.29) is 5.97 Å². The molecule has 3 nitrogen and oxygen atoms in total. The number of aromatic nitrogens is 1. The minimum atomic E-state index is -2.62. The molecule has 0 amide bonds. The van der Waals surface area contributed by atoms with Gasteiger partial charge in [-0.25, -0.2) is 0 Å². The molecule has 184 valence electrons. The van der Waals surface area contributed by atoms with Crippen molar-refractivity contribution in [3.05, 3.63) is 29.8 Å². The number of rotatable bonds is 13. The molecular weight excluding hydrogens is 513 g/mol. The second kappa shape index (κ2) is 13.2. The number of carbonyl (C=O) groups is 1. The van der Waals surface area contributed by atoms with E-state index in [4.69, 9.17) is 4.74 Å². The van der Waals surface area contributed by atoms with Crippen molar-refractivity contribution in [3.8, 4) is 0 Å². The maximum absolute atomic E-state index is 12.4. The standard InChI is InChI=1S/C17H20NO2.3C4H9.Sn/c1-20-17(19)15-8-7-14-9-10-18(16(14)11-15)12-13-5-3-2-4-6-13;3*1-3-4-2;/h7-9,11,13H,2-6,12H2,1H3;3*1,3-4H2,2H3;. The fraction of sp³-hybridized carbons (Fsp3) is 0.690. The van der Waals surface area contributed by atoms with Gasteiger partial charge in [0.1, 0.15) is 0 Å². The third-order valence-corrected chi connectivity index (χ3v) is 23.6. The van der Waals surface area contributed by atoms with E-state index in [1.54, 1.807) is 3.71 Å². The molecule has 4 heteroatoms. The first-order chi connectivity index (χ1) is 16.1. The Hall–Kier alpha value is -0.971. The van der Waals surface area contributed by atoms with Crippen LogP contribution in [-0.2, 0) is 11.3 Å². The fourth-order valence-corrected chi connectivity index (χ4v) is 22.8. The minimum absolute atomic E-state index is 0.221. The van der Waals surface area contributed by atoms with Crippen LogP contribution in [0.25, 0.3) is 10.9 Å². The molecule has 1 aromatic heterocycles. The third-order valence-electron chi connectivity index (χ3n) is 8.06. The van der Waals surface area contributed by atoms with Gasteiger partial charge < -0.3 is 0 Å². The van der Waals surface area contributed by atoms with E-state index < -0.39 is 18.4 Å². The number of nitrogens with zero attached hydrogens (tertiary/aromatic N) is 1. The summed E-state index contributed by atoms with van der Waals surface area (Å²) in [5.41, 5.74) is 1.97. The third kappa shape index (κ3) is 6.58. The van der Waals surface area contributed by atoms with Crippen LogP contribution in [0.1, 0.15) is 102 Å². The Balaban J connectivity index is 2.16. The average molecular weight is 560 g/mol. The first-order valence-corrected chi connectivity index (χ1v) is 21.3.